The predicted octanol–water partition coefficient (Wildman–Crippen LogP) is 4.86. The normalized spacial score (nSPS) is 15.2. The van der Waals surface area contributed by atoms with Crippen molar-refractivity contribution in [2.24, 2.45) is 0 Å². The summed E-state index contributed by atoms with van der Waals surface area (Å²) in [6, 6.07) is 17.8. The fourth-order valence-corrected chi connectivity index (χ4v) is 5.42. The molecule has 0 saturated carbocycles. The summed E-state index contributed by atoms with van der Waals surface area (Å²) in [6.07, 6.45) is 1.55. The molecule has 168 valence electrons. The Balaban J connectivity index is 1.44. The summed E-state index contributed by atoms with van der Waals surface area (Å²) in [5, 5.41) is 17.5. The third-order valence-electron chi connectivity index (χ3n) is 5.12. The molecule has 0 radical (unpaired) electrons. The van der Waals surface area contributed by atoms with E-state index in [-0.39, 0.29) is 6.04 Å². The minimum absolute atomic E-state index is 0.223. The smallest absolute Gasteiger partial charge is 0.226 e. The second-order valence-electron chi connectivity index (χ2n) is 7.13. The monoisotopic (exact) mass is 478 g/mol. The van der Waals surface area contributed by atoms with Crippen molar-refractivity contribution in [2.45, 2.75) is 17.3 Å². The van der Waals surface area contributed by atoms with Crippen LogP contribution in [0.1, 0.15) is 18.5 Å². The molecular weight excluding hydrogens is 456 g/mol. The van der Waals surface area contributed by atoms with E-state index in [9.17, 15) is 0 Å². The molecule has 0 unspecified atom stereocenters. The summed E-state index contributed by atoms with van der Waals surface area (Å²) in [5.41, 5.74) is 3.05. The Kier molecular flexibility index (Phi) is 6.27. The van der Waals surface area contributed by atoms with Gasteiger partial charge in [-0.1, -0.05) is 65.6 Å². The number of allylic oxidation sites excluding steroid dienone is 1. The lowest BCUT2D eigenvalue weighted by atomic mass is 10.0. The lowest BCUT2D eigenvalue weighted by molar-refractivity contribution is 0.192. The summed E-state index contributed by atoms with van der Waals surface area (Å²) in [4.78, 5) is 4.40. The van der Waals surface area contributed by atoms with E-state index in [0.717, 1.165) is 37.7 Å². The maximum atomic E-state index is 6.16. The molecule has 2 aromatic carbocycles. The Hall–Kier alpha value is -3.37. The molecule has 1 atom stereocenters. The highest BCUT2D eigenvalue weighted by Crippen LogP contribution is 2.38. The van der Waals surface area contributed by atoms with Gasteiger partial charge in [-0.25, -0.2) is 4.68 Å². The average molecular weight is 479 g/mol. The van der Waals surface area contributed by atoms with E-state index in [1.165, 1.54) is 0 Å². The van der Waals surface area contributed by atoms with Crippen molar-refractivity contribution in [2.75, 3.05) is 24.8 Å². The fourth-order valence-electron chi connectivity index (χ4n) is 3.61. The lowest BCUT2D eigenvalue weighted by Gasteiger charge is -2.30. The van der Waals surface area contributed by atoms with Crippen LogP contribution in [0.25, 0.3) is 10.6 Å². The van der Waals surface area contributed by atoms with Crippen LogP contribution in [0.5, 0.6) is 5.75 Å². The van der Waals surface area contributed by atoms with Gasteiger partial charge in [0.25, 0.3) is 0 Å². The van der Waals surface area contributed by atoms with Crippen LogP contribution in [-0.4, -0.2) is 44.4 Å². The second-order valence-corrected chi connectivity index (χ2v) is 9.33. The van der Waals surface area contributed by atoms with Crippen LogP contribution in [0.15, 0.2) is 76.7 Å². The molecule has 10 heteroatoms. The first kappa shape index (κ1) is 21.5. The predicted molar refractivity (Wildman–Crippen MR) is 129 cm³/mol. The van der Waals surface area contributed by atoms with Gasteiger partial charge in [-0.05, 0) is 24.6 Å². The van der Waals surface area contributed by atoms with E-state index < -0.39 is 0 Å². The van der Waals surface area contributed by atoms with E-state index in [0.29, 0.717) is 18.3 Å². The third kappa shape index (κ3) is 4.44. The van der Waals surface area contributed by atoms with Crippen LogP contribution in [0, 0.1) is 0 Å². The third-order valence-corrected chi connectivity index (χ3v) is 7.26. The zero-order valence-electron chi connectivity index (χ0n) is 18.1. The molecule has 1 N–H and O–H groups in total. The number of benzene rings is 2. The van der Waals surface area contributed by atoms with Gasteiger partial charge in [0, 0.05) is 11.3 Å². The molecule has 3 heterocycles. The van der Waals surface area contributed by atoms with E-state index in [4.69, 9.17) is 9.47 Å². The van der Waals surface area contributed by atoms with Gasteiger partial charge in [-0.3, -0.25) is 0 Å². The van der Waals surface area contributed by atoms with Crippen LogP contribution in [0.4, 0.5) is 5.95 Å². The molecule has 4 aromatic rings. The van der Waals surface area contributed by atoms with Crippen LogP contribution < -0.4 is 10.1 Å². The SMILES string of the molecule is CCOC1=C(CSc2nnc(-c3ccccc3)s2)Nc2ncnn2[C@@H]1c1ccc(OC)cc1. The van der Waals surface area contributed by atoms with Crippen molar-refractivity contribution in [3.05, 3.63) is 77.9 Å². The minimum atomic E-state index is -0.223. The first-order valence-electron chi connectivity index (χ1n) is 10.4. The quantitative estimate of drug-likeness (QED) is 0.359. The number of aromatic nitrogens is 5. The molecule has 33 heavy (non-hydrogen) atoms. The maximum absolute atomic E-state index is 6.16. The van der Waals surface area contributed by atoms with Gasteiger partial charge < -0.3 is 14.8 Å². The van der Waals surface area contributed by atoms with Crippen LogP contribution in [0.2, 0.25) is 0 Å². The van der Waals surface area contributed by atoms with Gasteiger partial charge in [0.2, 0.25) is 5.95 Å². The zero-order chi connectivity index (χ0) is 22.6. The number of ether oxygens (including phenoxy) is 2. The Labute approximate surface area is 199 Å². The summed E-state index contributed by atoms with van der Waals surface area (Å²) in [7, 11) is 1.66. The Bertz CT molecular complexity index is 1250. The first-order chi connectivity index (χ1) is 16.3. The molecule has 8 nitrogen and oxygen atoms in total. The Morgan fingerprint density at radius 3 is 2.67 bits per heavy atom. The molecule has 0 aliphatic carbocycles. The molecule has 5 rings (SSSR count). The molecule has 1 aliphatic rings. The van der Waals surface area contributed by atoms with Gasteiger partial charge in [-0.2, -0.15) is 10.1 Å². The summed E-state index contributed by atoms with van der Waals surface area (Å²) < 4.78 is 14.2. The van der Waals surface area contributed by atoms with Crippen molar-refractivity contribution in [1.29, 1.82) is 0 Å². The second kappa shape index (κ2) is 9.63. The fraction of sp³-hybridized carbons (Fsp3) is 0.217. The summed E-state index contributed by atoms with van der Waals surface area (Å²) in [5.74, 6) is 2.94. The number of anilines is 1. The number of nitrogens with zero attached hydrogens (tertiary/aromatic N) is 5. The minimum Gasteiger partial charge on any atom is -0.497 e. The zero-order valence-corrected chi connectivity index (χ0v) is 19.8. The molecule has 0 fully saturated rings. The standard InChI is InChI=1S/C23H22N6O2S2/c1-3-31-20-18(13-32-23-28-27-21(33-23)16-7-5-4-6-8-16)26-22-24-14-25-29(22)19(20)15-9-11-17(30-2)12-10-15/h4-12,14,19H,3,13H2,1-2H3,(H,24,25,26)/t19-/m1/s1. The number of methoxy groups -OCH3 is 1. The van der Waals surface area contributed by atoms with Crippen molar-refractivity contribution < 1.29 is 9.47 Å². The maximum Gasteiger partial charge on any atom is 0.226 e. The first-order valence-corrected chi connectivity index (χ1v) is 12.2. The van der Waals surface area contributed by atoms with E-state index >= 15 is 0 Å². The Morgan fingerprint density at radius 1 is 1.09 bits per heavy atom. The molecule has 2 aromatic heterocycles. The van der Waals surface area contributed by atoms with Crippen LogP contribution in [-0.2, 0) is 4.74 Å². The van der Waals surface area contributed by atoms with Crippen molar-refractivity contribution in [3.8, 4) is 16.3 Å². The average Bonchev–Trinajstić information content (AvgIpc) is 3.53. The van der Waals surface area contributed by atoms with Crippen molar-refractivity contribution in [3.63, 3.8) is 0 Å². The molecular formula is C23H22N6O2S2. The van der Waals surface area contributed by atoms with Gasteiger partial charge in [0.1, 0.15) is 28.9 Å². The molecule has 0 amide bonds. The highest BCUT2D eigenvalue weighted by molar-refractivity contribution is 8.01. The molecule has 0 spiro atoms. The van der Waals surface area contributed by atoms with Crippen molar-refractivity contribution >= 4 is 29.0 Å². The van der Waals surface area contributed by atoms with Gasteiger partial charge >= 0.3 is 0 Å². The summed E-state index contributed by atoms with van der Waals surface area (Å²) >= 11 is 3.20. The van der Waals surface area contributed by atoms with E-state index in [1.54, 1.807) is 36.5 Å². The van der Waals surface area contributed by atoms with E-state index in [2.05, 4.69) is 25.6 Å². The van der Waals surface area contributed by atoms with E-state index in [1.807, 2.05) is 66.2 Å². The molecule has 0 bridgehead atoms. The summed E-state index contributed by atoms with van der Waals surface area (Å²) in [6.45, 7) is 2.52. The van der Waals surface area contributed by atoms with Crippen LogP contribution in [0.3, 0.4) is 0 Å². The number of nitrogens with one attached hydrogen (secondary N) is 1. The molecule has 0 saturated heterocycles. The largest absolute Gasteiger partial charge is 0.497 e. The topological polar surface area (TPSA) is 87.0 Å². The number of hydrogen-bond donors (Lipinski definition) is 1. The Morgan fingerprint density at radius 2 is 1.91 bits per heavy atom. The molecule has 1 aliphatic heterocycles. The van der Waals surface area contributed by atoms with Gasteiger partial charge in [-0.15, -0.1) is 10.2 Å². The lowest BCUT2D eigenvalue weighted by Crippen LogP contribution is -2.28. The van der Waals surface area contributed by atoms with Crippen LogP contribution >= 0.6 is 23.1 Å². The van der Waals surface area contributed by atoms with Gasteiger partial charge in [0.05, 0.1) is 19.4 Å². The highest BCUT2D eigenvalue weighted by Gasteiger charge is 2.32. The number of rotatable bonds is 8. The van der Waals surface area contributed by atoms with Gasteiger partial charge in [0.15, 0.2) is 4.34 Å². The highest BCUT2D eigenvalue weighted by atomic mass is 32.2. The van der Waals surface area contributed by atoms with Crippen molar-refractivity contribution in [1.82, 2.24) is 25.0 Å². The number of fused-ring (bicyclic) bond motifs is 1. The number of hydrogen-bond acceptors (Lipinski definition) is 9. The number of thioether (sulfide) groups is 1.